The van der Waals surface area contributed by atoms with E-state index in [9.17, 15) is 9.90 Å². The van der Waals surface area contributed by atoms with Crippen LogP contribution in [0.4, 0.5) is 0 Å². The van der Waals surface area contributed by atoms with Gasteiger partial charge in [-0.05, 0) is 13.3 Å². The summed E-state index contributed by atoms with van der Waals surface area (Å²) in [5, 5.41) is 13.8. The second-order valence-corrected chi connectivity index (χ2v) is 3.87. The summed E-state index contributed by atoms with van der Waals surface area (Å²) in [7, 11) is 1.79. The van der Waals surface area contributed by atoms with Crippen molar-refractivity contribution >= 4 is 0 Å². The van der Waals surface area contributed by atoms with Crippen LogP contribution >= 0.6 is 0 Å². The van der Waals surface area contributed by atoms with Crippen LogP contribution in [0.3, 0.4) is 0 Å². The number of H-pyrrole nitrogens is 1. The van der Waals surface area contributed by atoms with E-state index in [0.29, 0.717) is 23.4 Å². The number of aromatic hydroxyl groups is 1. The van der Waals surface area contributed by atoms with Crippen molar-refractivity contribution in [1.29, 1.82) is 0 Å². The Bertz CT molecular complexity index is 612. The van der Waals surface area contributed by atoms with E-state index in [0.717, 1.165) is 5.69 Å². The zero-order valence-electron chi connectivity index (χ0n) is 9.98. The molecule has 0 saturated carbocycles. The Balaban J connectivity index is 2.62. The number of hydrogen-bond donors (Lipinski definition) is 2. The predicted molar refractivity (Wildman–Crippen MR) is 62.8 cm³/mol. The molecule has 0 fully saturated rings. The van der Waals surface area contributed by atoms with E-state index < -0.39 is 0 Å². The molecule has 0 aliphatic heterocycles. The molecule has 2 aromatic rings. The molecule has 0 saturated heterocycles. The van der Waals surface area contributed by atoms with Gasteiger partial charge in [-0.1, -0.05) is 6.92 Å². The van der Waals surface area contributed by atoms with E-state index in [1.54, 1.807) is 24.9 Å². The molecule has 2 rings (SSSR count). The second-order valence-electron chi connectivity index (χ2n) is 3.87. The molecule has 0 unspecified atom stereocenters. The highest BCUT2D eigenvalue weighted by molar-refractivity contribution is 5.57. The monoisotopic (exact) mass is 234 g/mol. The average Bonchev–Trinajstić information content (AvgIpc) is 2.57. The first-order valence-corrected chi connectivity index (χ1v) is 5.35. The van der Waals surface area contributed by atoms with Gasteiger partial charge in [0, 0.05) is 13.2 Å². The maximum absolute atomic E-state index is 11.7. The molecule has 0 bridgehead atoms. The van der Waals surface area contributed by atoms with E-state index in [-0.39, 0.29) is 11.4 Å². The Kier molecular flexibility index (Phi) is 2.71. The molecule has 0 spiro atoms. The molecule has 0 amide bonds. The van der Waals surface area contributed by atoms with Crippen molar-refractivity contribution in [2.75, 3.05) is 0 Å². The summed E-state index contributed by atoms with van der Waals surface area (Å²) >= 11 is 0. The van der Waals surface area contributed by atoms with Crippen molar-refractivity contribution in [3.63, 3.8) is 0 Å². The summed E-state index contributed by atoms with van der Waals surface area (Å²) in [6.45, 7) is 3.61. The van der Waals surface area contributed by atoms with E-state index in [1.165, 1.54) is 0 Å². The normalized spacial score (nSPS) is 10.8. The first kappa shape index (κ1) is 11.4. The van der Waals surface area contributed by atoms with Gasteiger partial charge in [-0.2, -0.15) is 10.1 Å². The maximum atomic E-state index is 11.7. The molecule has 6 nitrogen and oxygen atoms in total. The minimum absolute atomic E-state index is 0.213. The van der Waals surface area contributed by atoms with E-state index in [4.69, 9.17) is 0 Å². The van der Waals surface area contributed by atoms with Crippen LogP contribution in [0.2, 0.25) is 0 Å². The van der Waals surface area contributed by atoms with Crippen LogP contribution in [0.1, 0.15) is 18.2 Å². The summed E-state index contributed by atoms with van der Waals surface area (Å²) < 4.78 is 1.63. The lowest BCUT2D eigenvalue weighted by Crippen LogP contribution is -2.14. The van der Waals surface area contributed by atoms with Crippen molar-refractivity contribution in [3.05, 3.63) is 27.8 Å². The van der Waals surface area contributed by atoms with Crippen LogP contribution in [0.5, 0.6) is 5.88 Å². The molecule has 2 aromatic heterocycles. The predicted octanol–water partition coefficient (Wildman–Crippen LogP) is 0.747. The van der Waals surface area contributed by atoms with Gasteiger partial charge in [0.25, 0.3) is 5.56 Å². The fourth-order valence-electron chi connectivity index (χ4n) is 1.76. The molecular formula is C11H14N4O2. The first-order chi connectivity index (χ1) is 8.02. The summed E-state index contributed by atoms with van der Waals surface area (Å²) in [5.41, 5.74) is 1.45. The highest BCUT2D eigenvalue weighted by atomic mass is 16.3. The van der Waals surface area contributed by atoms with Gasteiger partial charge in [-0.3, -0.25) is 9.48 Å². The number of nitrogens with zero attached hydrogens (tertiary/aromatic N) is 3. The van der Waals surface area contributed by atoms with E-state index >= 15 is 0 Å². The Labute approximate surface area is 98.0 Å². The van der Waals surface area contributed by atoms with Crippen LogP contribution < -0.4 is 5.56 Å². The molecule has 0 radical (unpaired) electrons. The van der Waals surface area contributed by atoms with Gasteiger partial charge in [0.15, 0.2) is 0 Å². The fourth-order valence-corrected chi connectivity index (χ4v) is 1.76. The van der Waals surface area contributed by atoms with E-state index in [1.807, 2.05) is 6.92 Å². The Hall–Kier alpha value is -2.11. The highest BCUT2D eigenvalue weighted by Gasteiger charge is 2.13. The van der Waals surface area contributed by atoms with E-state index in [2.05, 4.69) is 15.1 Å². The summed E-state index contributed by atoms with van der Waals surface area (Å²) in [4.78, 5) is 18.4. The Morgan fingerprint density at radius 3 is 2.71 bits per heavy atom. The fraction of sp³-hybridized carbons (Fsp3) is 0.364. The number of rotatable bonds is 2. The molecular weight excluding hydrogens is 220 g/mol. The van der Waals surface area contributed by atoms with Crippen LogP contribution in [0, 0.1) is 6.92 Å². The van der Waals surface area contributed by atoms with Gasteiger partial charge < -0.3 is 10.1 Å². The first-order valence-electron chi connectivity index (χ1n) is 5.35. The largest absolute Gasteiger partial charge is 0.493 e. The second kappa shape index (κ2) is 4.04. The van der Waals surface area contributed by atoms with Gasteiger partial charge in [0.2, 0.25) is 5.88 Å². The minimum Gasteiger partial charge on any atom is -0.493 e. The van der Waals surface area contributed by atoms with Gasteiger partial charge >= 0.3 is 0 Å². The number of aromatic nitrogens is 4. The third kappa shape index (κ3) is 1.93. The van der Waals surface area contributed by atoms with Crippen LogP contribution in [0.25, 0.3) is 11.4 Å². The minimum atomic E-state index is -0.307. The molecule has 2 N–H and O–H groups in total. The molecule has 0 aliphatic rings. The molecule has 17 heavy (non-hydrogen) atoms. The number of aromatic amines is 1. The molecule has 6 heteroatoms. The summed E-state index contributed by atoms with van der Waals surface area (Å²) in [6.07, 6.45) is 2.19. The Morgan fingerprint density at radius 2 is 2.24 bits per heavy atom. The van der Waals surface area contributed by atoms with Gasteiger partial charge in [0.1, 0.15) is 5.82 Å². The van der Waals surface area contributed by atoms with Crippen molar-refractivity contribution in [2.24, 2.45) is 7.05 Å². The molecule has 0 aromatic carbocycles. The third-order valence-corrected chi connectivity index (χ3v) is 2.62. The number of hydrogen-bond acceptors (Lipinski definition) is 4. The van der Waals surface area contributed by atoms with Crippen molar-refractivity contribution in [3.8, 4) is 17.3 Å². The van der Waals surface area contributed by atoms with Crippen molar-refractivity contribution < 1.29 is 5.11 Å². The zero-order valence-corrected chi connectivity index (χ0v) is 9.98. The number of nitrogens with one attached hydrogen (secondary N) is 1. The zero-order chi connectivity index (χ0) is 12.6. The lowest BCUT2D eigenvalue weighted by atomic mass is 10.2. The number of aryl methyl sites for hydroxylation is 2. The van der Waals surface area contributed by atoms with Gasteiger partial charge in [-0.15, -0.1) is 0 Å². The lowest BCUT2D eigenvalue weighted by Gasteiger charge is -2.03. The van der Waals surface area contributed by atoms with Gasteiger partial charge in [-0.25, -0.2) is 0 Å². The molecule has 90 valence electrons. The standard InChI is InChI=1S/C11H14N4O2/c1-4-7-10(16)12-9(13-11(7)17)8-5-15(3)14-6(8)2/h5H,4H2,1-3H3,(H2,12,13,16,17). The van der Waals surface area contributed by atoms with Crippen LogP contribution in [-0.4, -0.2) is 24.9 Å². The van der Waals surface area contributed by atoms with Gasteiger partial charge in [0.05, 0.1) is 16.8 Å². The van der Waals surface area contributed by atoms with Crippen LogP contribution in [-0.2, 0) is 13.5 Å². The summed E-state index contributed by atoms with van der Waals surface area (Å²) in [6, 6.07) is 0. The van der Waals surface area contributed by atoms with Crippen molar-refractivity contribution in [1.82, 2.24) is 19.7 Å². The maximum Gasteiger partial charge on any atom is 0.258 e. The molecule has 0 aliphatic carbocycles. The quantitative estimate of drug-likeness (QED) is 0.803. The average molecular weight is 234 g/mol. The highest BCUT2D eigenvalue weighted by Crippen LogP contribution is 2.20. The Morgan fingerprint density at radius 1 is 1.53 bits per heavy atom. The van der Waals surface area contributed by atoms with Crippen LogP contribution in [0.15, 0.2) is 11.0 Å². The molecule has 2 heterocycles. The molecule has 0 atom stereocenters. The SMILES string of the molecule is CCc1c(O)nc(-c2cn(C)nc2C)[nH]c1=O. The smallest absolute Gasteiger partial charge is 0.258 e. The third-order valence-electron chi connectivity index (χ3n) is 2.62. The van der Waals surface area contributed by atoms with Crippen molar-refractivity contribution in [2.45, 2.75) is 20.3 Å². The topological polar surface area (TPSA) is 83.8 Å². The lowest BCUT2D eigenvalue weighted by molar-refractivity contribution is 0.444. The summed E-state index contributed by atoms with van der Waals surface area (Å²) in [5.74, 6) is 0.129.